The molecule has 3 aromatic rings. The molecule has 2 N–H and O–H groups in total. The van der Waals surface area contributed by atoms with E-state index in [4.69, 9.17) is 4.42 Å². The molecule has 3 aliphatic carbocycles. The van der Waals surface area contributed by atoms with Crippen molar-refractivity contribution in [3.05, 3.63) is 65.4 Å². The molecule has 0 saturated heterocycles. The number of para-hydroxylation sites is 1. The van der Waals surface area contributed by atoms with E-state index in [1.807, 2.05) is 42.5 Å². The first kappa shape index (κ1) is 19.0. The summed E-state index contributed by atoms with van der Waals surface area (Å²) >= 11 is 0. The molecule has 31 heavy (non-hydrogen) atoms. The van der Waals surface area contributed by atoms with E-state index in [-0.39, 0.29) is 5.41 Å². The fourth-order valence-electron chi connectivity index (χ4n) is 7.00. The maximum atomic E-state index is 11.8. The van der Waals surface area contributed by atoms with E-state index in [0.29, 0.717) is 29.3 Å². The molecule has 5 atom stereocenters. The Morgan fingerprint density at radius 3 is 2.77 bits per heavy atom. The number of phenols is 1. The van der Waals surface area contributed by atoms with E-state index in [1.54, 1.807) is 0 Å². The van der Waals surface area contributed by atoms with Crippen LogP contribution in [0.4, 0.5) is 0 Å². The summed E-state index contributed by atoms with van der Waals surface area (Å²) < 4.78 is 5.87. The van der Waals surface area contributed by atoms with E-state index in [2.05, 4.69) is 24.8 Å². The highest BCUT2D eigenvalue weighted by molar-refractivity contribution is 5.78. The molecule has 6 rings (SSSR count). The van der Waals surface area contributed by atoms with E-state index >= 15 is 0 Å². The van der Waals surface area contributed by atoms with Crippen LogP contribution in [0.1, 0.15) is 61.8 Å². The summed E-state index contributed by atoms with van der Waals surface area (Å²) in [5, 5.41) is 22.7. The van der Waals surface area contributed by atoms with Gasteiger partial charge in [-0.1, -0.05) is 37.1 Å². The number of rotatable bonds is 0. The van der Waals surface area contributed by atoms with Crippen LogP contribution in [0.2, 0.25) is 0 Å². The number of aromatic hydroxyl groups is 1. The molecule has 1 heterocycles. The fraction of sp³-hybridized carbons (Fsp3) is 0.429. The lowest BCUT2D eigenvalue weighted by Gasteiger charge is -2.52. The number of benzene rings is 2. The number of aryl methyl sites for hydroxylation is 1. The first-order valence-electron chi connectivity index (χ1n) is 11.5. The molecule has 2 fully saturated rings. The lowest BCUT2D eigenvalue weighted by Crippen LogP contribution is -2.50. The van der Waals surface area contributed by atoms with Crippen molar-refractivity contribution in [1.29, 1.82) is 0 Å². The van der Waals surface area contributed by atoms with Crippen molar-refractivity contribution in [2.45, 2.75) is 57.0 Å². The zero-order valence-electron chi connectivity index (χ0n) is 17.9. The van der Waals surface area contributed by atoms with Crippen LogP contribution in [0, 0.1) is 29.1 Å². The maximum absolute atomic E-state index is 11.8. The normalized spacial score (nSPS) is 33.8. The van der Waals surface area contributed by atoms with Gasteiger partial charge >= 0.3 is 0 Å². The molecule has 2 saturated carbocycles. The molecule has 158 valence electrons. The Bertz CT molecular complexity index is 1190. The second-order valence-corrected chi connectivity index (χ2v) is 10.1. The smallest absolute Gasteiger partial charge is 0.178 e. The summed E-state index contributed by atoms with van der Waals surface area (Å²) in [6.45, 7) is 2.26. The van der Waals surface area contributed by atoms with Gasteiger partial charge in [-0.25, -0.2) is 0 Å². The highest BCUT2D eigenvalue weighted by Gasteiger charge is 2.61. The van der Waals surface area contributed by atoms with E-state index in [1.165, 1.54) is 11.1 Å². The van der Waals surface area contributed by atoms with E-state index < -0.39 is 5.60 Å². The lowest BCUT2D eigenvalue weighted by atomic mass is 9.53. The van der Waals surface area contributed by atoms with Crippen LogP contribution in [-0.4, -0.2) is 15.8 Å². The zero-order chi connectivity index (χ0) is 21.2. The van der Waals surface area contributed by atoms with E-state index in [9.17, 15) is 10.2 Å². The number of hydrogen-bond acceptors (Lipinski definition) is 3. The number of aliphatic hydroxyl groups is 1. The van der Waals surface area contributed by atoms with Gasteiger partial charge in [0, 0.05) is 16.9 Å². The van der Waals surface area contributed by atoms with Gasteiger partial charge in [-0.2, -0.15) is 0 Å². The molecular formula is C28H28O3. The van der Waals surface area contributed by atoms with Gasteiger partial charge in [0.05, 0.1) is 0 Å². The predicted molar refractivity (Wildman–Crippen MR) is 121 cm³/mol. The minimum Gasteiger partial charge on any atom is -0.508 e. The van der Waals surface area contributed by atoms with Crippen LogP contribution in [0.25, 0.3) is 11.0 Å². The number of fused-ring (bicyclic) bond motifs is 6. The second kappa shape index (κ2) is 6.65. The van der Waals surface area contributed by atoms with Gasteiger partial charge in [0.2, 0.25) is 0 Å². The predicted octanol–water partition coefficient (Wildman–Crippen LogP) is 5.78. The molecular weight excluding hydrogens is 384 g/mol. The van der Waals surface area contributed by atoms with Crippen LogP contribution in [0.5, 0.6) is 5.75 Å². The van der Waals surface area contributed by atoms with Crippen molar-refractivity contribution in [2.24, 2.45) is 17.3 Å². The minimum atomic E-state index is -0.975. The SMILES string of the molecule is C[C@]12CC[C@@H]3c4ccc(O)cc4CC[C@H]3[C@@H]1CC[C@@]2(O)C#Cc1cc2ccccc2o1. The van der Waals surface area contributed by atoms with Crippen molar-refractivity contribution in [2.75, 3.05) is 0 Å². The van der Waals surface area contributed by atoms with Gasteiger partial charge in [0.1, 0.15) is 16.9 Å². The van der Waals surface area contributed by atoms with Crippen LogP contribution in [0.15, 0.2) is 52.9 Å². The molecule has 3 nitrogen and oxygen atoms in total. The van der Waals surface area contributed by atoms with Crippen molar-refractivity contribution >= 4 is 11.0 Å². The molecule has 0 spiro atoms. The third kappa shape index (κ3) is 2.78. The Kier molecular flexibility index (Phi) is 4.08. The highest BCUT2D eigenvalue weighted by atomic mass is 16.3. The Hall–Kier alpha value is -2.70. The number of hydrogen-bond donors (Lipinski definition) is 2. The molecule has 3 heteroatoms. The average molecular weight is 413 g/mol. The molecule has 0 amide bonds. The first-order chi connectivity index (χ1) is 15.0. The van der Waals surface area contributed by atoms with Crippen molar-refractivity contribution < 1.29 is 14.6 Å². The summed E-state index contributed by atoms with van der Waals surface area (Å²) in [7, 11) is 0. The standard InChI is InChI=1S/C28H28O3/c1-27-13-11-23-22-9-7-20(29)16-18(22)6-8-24(23)25(27)12-15-28(27,30)14-10-21-17-19-4-2-3-5-26(19)31-21/h2-5,7,9,16-17,23-25,29-30H,6,8,11-13,15H2,1H3/t23-,24-,25+,27+,28+/m1/s1. The van der Waals surface area contributed by atoms with Crippen LogP contribution < -0.4 is 0 Å². The topological polar surface area (TPSA) is 53.6 Å². The lowest BCUT2D eigenvalue weighted by molar-refractivity contribution is -0.0648. The molecule has 0 aliphatic heterocycles. The van der Waals surface area contributed by atoms with Gasteiger partial charge < -0.3 is 14.6 Å². The highest BCUT2D eigenvalue weighted by Crippen LogP contribution is 2.64. The summed E-state index contributed by atoms with van der Waals surface area (Å²) in [4.78, 5) is 0. The van der Waals surface area contributed by atoms with Crippen molar-refractivity contribution in [3.8, 4) is 17.6 Å². The monoisotopic (exact) mass is 412 g/mol. The Morgan fingerprint density at radius 1 is 1.03 bits per heavy atom. The molecule has 0 bridgehead atoms. The van der Waals surface area contributed by atoms with Crippen LogP contribution >= 0.6 is 0 Å². The summed E-state index contributed by atoms with van der Waals surface area (Å²) in [5.41, 5.74) is 2.39. The summed E-state index contributed by atoms with van der Waals surface area (Å²) in [6.07, 6.45) is 5.95. The average Bonchev–Trinajstić information content (AvgIpc) is 3.30. The molecule has 1 aromatic heterocycles. The number of phenolic OH excluding ortho intramolecular Hbond substituents is 1. The molecule has 0 radical (unpaired) electrons. The van der Waals surface area contributed by atoms with Crippen molar-refractivity contribution in [1.82, 2.24) is 0 Å². The quantitative estimate of drug-likeness (QED) is 0.460. The maximum Gasteiger partial charge on any atom is 0.178 e. The molecule has 3 aliphatic rings. The fourth-order valence-corrected chi connectivity index (χ4v) is 7.00. The first-order valence-corrected chi connectivity index (χ1v) is 11.5. The zero-order valence-corrected chi connectivity index (χ0v) is 17.9. The van der Waals surface area contributed by atoms with Crippen LogP contribution in [-0.2, 0) is 6.42 Å². The molecule has 2 aromatic carbocycles. The minimum absolute atomic E-state index is 0.193. The van der Waals surface area contributed by atoms with Gasteiger partial charge in [-0.05, 0) is 91.5 Å². The third-order valence-corrected chi connectivity index (χ3v) is 8.68. The second-order valence-electron chi connectivity index (χ2n) is 10.1. The molecule has 0 unspecified atom stereocenters. The van der Waals surface area contributed by atoms with E-state index in [0.717, 1.165) is 49.5 Å². The number of furan rings is 1. The largest absolute Gasteiger partial charge is 0.508 e. The van der Waals surface area contributed by atoms with Gasteiger partial charge in [0.25, 0.3) is 0 Å². The van der Waals surface area contributed by atoms with Crippen molar-refractivity contribution in [3.63, 3.8) is 0 Å². The van der Waals surface area contributed by atoms with Gasteiger partial charge in [-0.3, -0.25) is 0 Å². The Morgan fingerprint density at radius 2 is 1.90 bits per heavy atom. The third-order valence-electron chi connectivity index (χ3n) is 8.68. The van der Waals surface area contributed by atoms with Crippen LogP contribution in [0.3, 0.4) is 0 Å². The van der Waals surface area contributed by atoms with Gasteiger partial charge in [0.15, 0.2) is 5.76 Å². The summed E-state index contributed by atoms with van der Waals surface area (Å²) in [6, 6.07) is 15.8. The summed E-state index contributed by atoms with van der Waals surface area (Å²) in [5.74, 6) is 9.04. The Labute approximate surface area is 183 Å². The van der Waals surface area contributed by atoms with Gasteiger partial charge in [-0.15, -0.1) is 0 Å². The Balaban J connectivity index is 1.31.